The average Bonchev–Trinajstić information content (AvgIpc) is 2.30. The molecule has 1 aromatic carbocycles. The lowest BCUT2D eigenvalue weighted by atomic mass is 9.87. The van der Waals surface area contributed by atoms with Crippen molar-refractivity contribution in [1.82, 2.24) is 0 Å². The van der Waals surface area contributed by atoms with Crippen LogP contribution in [0.1, 0.15) is 41.1 Å². The second-order valence-corrected chi connectivity index (χ2v) is 3.71. The number of hydrogen-bond donors (Lipinski definition) is 0. The molecule has 0 radical (unpaired) electrons. The molecule has 0 amide bonds. The smallest absolute Gasteiger partial charge is 0.150 e. The third-order valence-corrected chi connectivity index (χ3v) is 2.78. The van der Waals surface area contributed by atoms with Crippen LogP contribution in [0.5, 0.6) is 0 Å². The van der Waals surface area contributed by atoms with Gasteiger partial charge in [-0.3, -0.25) is 4.79 Å². The normalized spacial score (nSPS) is 20.7. The van der Waals surface area contributed by atoms with Gasteiger partial charge >= 0.3 is 0 Å². The third kappa shape index (κ3) is 1.77. The van der Waals surface area contributed by atoms with Crippen LogP contribution in [0.3, 0.4) is 0 Å². The van der Waals surface area contributed by atoms with E-state index in [0.29, 0.717) is 5.92 Å². The highest BCUT2D eigenvalue weighted by atomic mass is 16.1. The van der Waals surface area contributed by atoms with Gasteiger partial charge in [-0.05, 0) is 24.8 Å². The fraction of sp³-hybridized carbons (Fsp3) is 0.308. The number of carbonyl (C=O) groups is 1. The van der Waals surface area contributed by atoms with Crippen LogP contribution in [-0.2, 0) is 0 Å². The van der Waals surface area contributed by atoms with Gasteiger partial charge in [0.05, 0.1) is 0 Å². The van der Waals surface area contributed by atoms with E-state index in [4.69, 9.17) is 0 Å². The summed E-state index contributed by atoms with van der Waals surface area (Å²) in [6.45, 7) is 0. The molecule has 0 fully saturated rings. The molecule has 1 unspecified atom stereocenters. The van der Waals surface area contributed by atoms with Gasteiger partial charge in [-0.1, -0.05) is 36.4 Å². The van der Waals surface area contributed by atoms with Gasteiger partial charge in [0.25, 0.3) is 0 Å². The van der Waals surface area contributed by atoms with Gasteiger partial charge in [0.2, 0.25) is 0 Å². The minimum Gasteiger partial charge on any atom is -0.298 e. The van der Waals surface area contributed by atoms with E-state index < -0.39 is 0 Å². The van der Waals surface area contributed by atoms with E-state index in [1.807, 2.05) is 18.2 Å². The van der Waals surface area contributed by atoms with Crippen molar-refractivity contribution in [3.05, 3.63) is 47.5 Å². The van der Waals surface area contributed by atoms with Crippen molar-refractivity contribution in [3.63, 3.8) is 0 Å². The Bertz CT molecular complexity index is 352. The Kier molecular flexibility index (Phi) is 2.78. The number of rotatable bonds is 2. The van der Waals surface area contributed by atoms with Crippen LogP contribution >= 0.6 is 0 Å². The Hall–Kier alpha value is -1.37. The summed E-state index contributed by atoms with van der Waals surface area (Å²) < 4.78 is 0. The van der Waals surface area contributed by atoms with Gasteiger partial charge in [-0.2, -0.15) is 0 Å². The van der Waals surface area contributed by atoms with Gasteiger partial charge in [0.1, 0.15) is 6.29 Å². The molecular formula is C13H14O. The standard InChI is InChI=1S/C13H14O/c14-10-12-8-4-5-9-13(12)11-6-2-1-3-7-11/h2,4-6,8-11H,1,3,7H2. The summed E-state index contributed by atoms with van der Waals surface area (Å²) in [6.07, 6.45) is 8.98. The maximum Gasteiger partial charge on any atom is 0.150 e. The highest BCUT2D eigenvalue weighted by Crippen LogP contribution is 2.29. The molecule has 14 heavy (non-hydrogen) atoms. The molecule has 1 heteroatoms. The predicted octanol–water partition coefficient (Wildman–Crippen LogP) is 3.32. The second-order valence-electron chi connectivity index (χ2n) is 3.71. The molecular weight excluding hydrogens is 172 g/mol. The van der Waals surface area contributed by atoms with Gasteiger partial charge < -0.3 is 0 Å². The number of aldehydes is 1. The van der Waals surface area contributed by atoms with E-state index in [1.165, 1.54) is 24.8 Å². The van der Waals surface area contributed by atoms with Gasteiger partial charge in [0, 0.05) is 11.5 Å². The SMILES string of the molecule is O=Cc1ccccc1C1C=CCCC1. The molecule has 1 aliphatic rings. The topological polar surface area (TPSA) is 17.1 Å². The van der Waals surface area contributed by atoms with E-state index in [9.17, 15) is 4.79 Å². The molecule has 0 saturated heterocycles. The molecule has 1 nitrogen and oxygen atoms in total. The molecule has 0 aromatic heterocycles. The molecule has 2 rings (SSSR count). The fourth-order valence-electron chi connectivity index (χ4n) is 2.03. The predicted molar refractivity (Wildman–Crippen MR) is 57.6 cm³/mol. The van der Waals surface area contributed by atoms with Crippen LogP contribution in [0.2, 0.25) is 0 Å². The lowest BCUT2D eigenvalue weighted by Crippen LogP contribution is -2.02. The molecule has 1 aliphatic carbocycles. The number of allylic oxidation sites excluding steroid dienone is 2. The van der Waals surface area contributed by atoms with Crippen molar-refractivity contribution < 1.29 is 4.79 Å². The van der Waals surface area contributed by atoms with Gasteiger partial charge in [-0.15, -0.1) is 0 Å². The summed E-state index contributed by atoms with van der Waals surface area (Å²) in [4.78, 5) is 10.8. The minimum absolute atomic E-state index is 0.449. The fourth-order valence-corrected chi connectivity index (χ4v) is 2.03. The van der Waals surface area contributed by atoms with Crippen LogP contribution < -0.4 is 0 Å². The summed E-state index contributed by atoms with van der Waals surface area (Å²) in [5.74, 6) is 0.449. The molecule has 1 atom stereocenters. The molecule has 72 valence electrons. The first-order valence-corrected chi connectivity index (χ1v) is 5.12. The van der Waals surface area contributed by atoms with E-state index in [0.717, 1.165) is 11.8 Å². The molecule has 0 saturated carbocycles. The van der Waals surface area contributed by atoms with Crippen molar-refractivity contribution >= 4 is 6.29 Å². The number of carbonyl (C=O) groups excluding carboxylic acids is 1. The molecule has 0 heterocycles. The first kappa shape index (κ1) is 9.20. The Morgan fingerprint density at radius 2 is 2.14 bits per heavy atom. The Morgan fingerprint density at radius 1 is 1.29 bits per heavy atom. The zero-order valence-corrected chi connectivity index (χ0v) is 8.15. The summed E-state index contributed by atoms with van der Waals surface area (Å²) in [5.41, 5.74) is 2.02. The van der Waals surface area contributed by atoms with Crippen LogP contribution in [0.25, 0.3) is 0 Å². The zero-order chi connectivity index (χ0) is 9.80. The summed E-state index contributed by atoms with van der Waals surface area (Å²) in [7, 11) is 0. The van der Waals surface area contributed by atoms with E-state index in [-0.39, 0.29) is 0 Å². The van der Waals surface area contributed by atoms with Crippen LogP contribution in [0.4, 0.5) is 0 Å². The van der Waals surface area contributed by atoms with E-state index in [1.54, 1.807) is 0 Å². The third-order valence-electron chi connectivity index (χ3n) is 2.78. The maximum atomic E-state index is 10.8. The monoisotopic (exact) mass is 186 g/mol. The lowest BCUT2D eigenvalue weighted by Gasteiger charge is -2.17. The summed E-state index contributed by atoms with van der Waals surface area (Å²) >= 11 is 0. The van der Waals surface area contributed by atoms with Crippen molar-refractivity contribution in [2.24, 2.45) is 0 Å². The largest absolute Gasteiger partial charge is 0.298 e. The molecule has 0 aliphatic heterocycles. The maximum absolute atomic E-state index is 10.8. The first-order chi connectivity index (χ1) is 6.92. The number of hydrogen-bond acceptors (Lipinski definition) is 1. The van der Waals surface area contributed by atoms with Gasteiger partial charge in [0.15, 0.2) is 0 Å². The molecule has 0 bridgehead atoms. The van der Waals surface area contributed by atoms with Crippen LogP contribution in [0.15, 0.2) is 36.4 Å². The molecule has 0 N–H and O–H groups in total. The Balaban J connectivity index is 2.34. The lowest BCUT2D eigenvalue weighted by molar-refractivity contribution is 0.112. The highest BCUT2D eigenvalue weighted by Gasteiger charge is 2.13. The van der Waals surface area contributed by atoms with Crippen molar-refractivity contribution in [2.75, 3.05) is 0 Å². The summed E-state index contributed by atoms with van der Waals surface area (Å²) in [6, 6.07) is 7.87. The summed E-state index contributed by atoms with van der Waals surface area (Å²) in [5, 5.41) is 0. The van der Waals surface area contributed by atoms with Crippen molar-refractivity contribution in [2.45, 2.75) is 25.2 Å². The van der Waals surface area contributed by atoms with Gasteiger partial charge in [-0.25, -0.2) is 0 Å². The number of benzene rings is 1. The van der Waals surface area contributed by atoms with Crippen LogP contribution in [0, 0.1) is 0 Å². The molecule has 0 spiro atoms. The van der Waals surface area contributed by atoms with Crippen molar-refractivity contribution in [1.29, 1.82) is 0 Å². The van der Waals surface area contributed by atoms with E-state index >= 15 is 0 Å². The second kappa shape index (κ2) is 4.23. The Morgan fingerprint density at radius 3 is 2.86 bits per heavy atom. The van der Waals surface area contributed by atoms with Crippen LogP contribution in [-0.4, -0.2) is 6.29 Å². The minimum atomic E-state index is 0.449. The molecule has 1 aromatic rings. The van der Waals surface area contributed by atoms with Crippen molar-refractivity contribution in [3.8, 4) is 0 Å². The van der Waals surface area contributed by atoms with E-state index in [2.05, 4.69) is 18.2 Å². The highest BCUT2D eigenvalue weighted by molar-refractivity contribution is 5.77. The first-order valence-electron chi connectivity index (χ1n) is 5.12. The quantitative estimate of drug-likeness (QED) is 0.511. The average molecular weight is 186 g/mol. The zero-order valence-electron chi connectivity index (χ0n) is 8.15. The Labute approximate surface area is 84.5 Å².